The van der Waals surface area contributed by atoms with Gasteiger partial charge in [0.2, 0.25) is 5.82 Å². The fourth-order valence-electron chi connectivity index (χ4n) is 3.62. The summed E-state index contributed by atoms with van der Waals surface area (Å²) in [5.74, 6) is 2.30. The molecule has 0 saturated carbocycles. The lowest BCUT2D eigenvalue weighted by molar-refractivity contribution is 0.462. The zero-order valence-corrected chi connectivity index (χ0v) is 17.2. The van der Waals surface area contributed by atoms with E-state index < -0.39 is 0 Å². The van der Waals surface area contributed by atoms with Crippen LogP contribution in [0.15, 0.2) is 46.0 Å². The zero-order valence-electron chi connectivity index (χ0n) is 17.2. The number of aliphatic imine (C=N–C) groups is 1. The third-order valence-electron chi connectivity index (χ3n) is 5.12. The van der Waals surface area contributed by atoms with Gasteiger partial charge < -0.3 is 20.0 Å². The Morgan fingerprint density at radius 3 is 3.10 bits per heavy atom. The third-order valence-corrected chi connectivity index (χ3v) is 5.12. The second-order valence-corrected chi connectivity index (χ2v) is 7.39. The highest BCUT2D eigenvalue weighted by Gasteiger charge is 2.23. The molecule has 0 bridgehead atoms. The number of guanidine groups is 1. The Kier molecular flexibility index (Phi) is 5.97. The molecule has 158 valence electrons. The molecule has 30 heavy (non-hydrogen) atoms. The third kappa shape index (κ3) is 4.61. The molecule has 3 heterocycles. The van der Waals surface area contributed by atoms with Crippen LogP contribution in [0.2, 0.25) is 0 Å². The summed E-state index contributed by atoms with van der Waals surface area (Å²) < 4.78 is 19.6. The standard InChI is InChI=1S/C21H26FN7O/c1-14-7-8-16(22)17(11-14)29-9-3-5-15(13-29)25-21(23-2)24-12-19-26-20(28-27-19)18-6-4-10-30-18/h4,6-8,10-11,15H,3,5,9,12-13H2,1-2H3,(H2,23,24,25)(H,26,27,28). The summed E-state index contributed by atoms with van der Waals surface area (Å²) in [4.78, 5) is 10.8. The van der Waals surface area contributed by atoms with Crippen LogP contribution in [0.3, 0.4) is 0 Å². The van der Waals surface area contributed by atoms with Crippen molar-refractivity contribution in [2.75, 3.05) is 25.0 Å². The minimum Gasteiger partial charge on any atom is -0.461 e. The summed E-state index contributed by atoms with van der Waals surface area (Å²) in [7, 11) is 1.73. The van der Waals surface area contributed by atoms with Gasteiger partial charge in [0.05, 0.1) is 18.5 Å². The molecule has 1 saturated heterocycles. The van der Waals surface area contributed by atoms with Crippen LogP contribution in [0.1, 0.15) is 24.2 Å². The van der Waals surface area contributed by atoms with E-state index in [1.54, 1.807) is 25.4 Å². The molecule has 1 unspecified atom stereocenters. The van der Waals surface area contributed by atoms with E-state index in [9.17, 15) is 4.39 Å². The second-order valence-electron chi connectivity index (χ2n) is 7.39. The molecular formula is C21H26FN7O. The van der Waals surface area contributed by atoms with E-state index in [0.29, 0.717) is 42.1 Å². The first-order valence-electron chi connectivity index (χ1n) is 10.1. The van der Waals surface area contributed by atoms with E-state index >= 15 is 0 Å². The number of furan rings is 1. The van der Waals surface area contributed by atoms with E-state index in [-0.39, 0.29) is 11.9 Å². The molecule has 0 spiro atoms. The predicted octanol–water partition coefficient (Wildman–Crippen LogP) is 2.85. The number of nitrogens with zero attached hydrogens (tertiary/aromatic N) is 4. The van der Waals surface area contributed by atoms with Gasteiger partial charge in [0.1, 0.15) is 11.6 Å². The Bertz CT molecular complexity index is 999. The van der Waals surface area contributed by atoms with Gasteiger partial charge in [0.25, 0.3) is 0 Å². The number of aromatic nitrogens is 3. The van der Waals surface area contributed by atoms with Crippen LogP contribution in [0.5, 0.6) is 0 Å². The predicted molar refractivity (Wildman–Crippen MR) is 114 cm³/mol. The van der Waals surface area contributed by atoms with Crippen molar-refractivity contribution in [2.24, 2.45) is 4.99 Å². The molecule has 0 radical (unpaired) electrons. The van der Waals surface area contributed by atoms with Gasteiger partial charge in [0.15, 0.2) is 11.7 Å². The fraction of sp³-hybridized carbons (Fsp3) is 0.381. The van der Waals surface area contributed by atoms with Gasteiger partial charge >= 0.3 is 0 Å². The second kappa shape index (κ2) is 8.98. The Balaban J connectivity index is 1.34. The van der Waals surface area contributed by atoms with E-state index in [1.165, 1.54) is 6.07 Å². The highest BCUT2D eigenvalue weighted by Crippen LogP contribution is 2.24. The van der Waals surface area contributed by atoms with Crippen LogP contribution < -0.4 is 15.5 Å². The maximum absolute atomic E-state index is 14.3. The van der Waals surface area contributed by atoms with Gasteiger partial charge in [0, 0.05) is 26.2 Å². The SMILES string of the molecule is CN=C(NCc1nc(-c2ccco2)n[nH]1)NC1CCCN(c2cc(C)ccc2F)C1. The molecule has 8 nitrogen and oxygen atoms in total. The number of hydrogen-bond donors (Lipinski definition) is 3. The van der Waals surface area contributed by atoms with Gasteiger partial charge in [-0.1, -0.05) is 6.07 Å². The first kappa shape index (κ1) is 19.9. The van der Waals surface area contributed by atoms with Crippen molar-refractivity contribution in [3.63, 3.8) is 0 Å². The van der Waals surface area contributed by atoms with Crippen LogP contribution in [0, 0.1) is 12.7 Å². The number of H-pyrrole nitrogens is 1. The first-order valence-corrected chi connectivity index (χ1v) is 10.1. The molecule has 4 rings (SSSR count). The maximum atomic E-state index is 14.3. The van der Waals surface area contributed by atoms with E-state index in [2.05, 4.69) is 35.7 Å². The van der Waals surface area contributed by atoms with Crippen molar-refractivity contribution >= 4 is 11.6 Å². The van der Waals surface area contributed by atoms with Crippen LogP contribution in [0.4, 0.5) is 10.1 Å². The van der Waals surface area contributed by atoms with Crippen LogP contribution in [-0.2, 0) is 6.54 Å². The normalized spacial score (nSPS) is 17.2. The number of nitrogens with one attached hydrogen (secondary N) is 3. The average Bonchev–Trinajstić information content (AvgIpc) is 3.45. The monoisotopic (exact) mass is 411 g/mol. The molecule has 0 amide bonds. The maximum Gasteiger partial charge on any atom is 0.216 e. The first-order chi connectivity index (χ1) is 14.6. The van der Waals surface area contributed by atoms with Gasteiger partial charge in [-0.2, -0.15) is 0 Å². The van der Waals surface area contributed by atoms with E-state index in [0.717, 1.165) is 24.9 Å². The number of halogens is 1. The highest BCUT2D eigenvalue weighted by atomic mass is 19.1. The summed E-state index contributed by atoms with van der Waals surface area (Å²) >= 11 is 0. The highest BCUT2D eigenvalue weighted by molar-refractivity contribution is 5.80. The topological polar surface area (TPSA) is 94.4 Å². The number of piperidine rings is 1. The molecule has 1 fully saturated rings. The van der Waals surface area contributed by atoms with Gasteiger partial charge in [-0.15, -0.1) is 5.10 Å². The van der Waals surface area contributed by atoms with Crippen molar-refractivity contribution in [3.8, 4) is 11.6 Å². The van der Waals surface area contributed by atoms with E-state index in [4.69, 9.17) is 4.42 Å². The molecule has 0 aliphatic carbocycles. The Labute approximate surface area is 174 Å². The molecule has 1 aliphatic rings. The smallest absolute Gasteiger partial charge is 0.216 e. The molecule has 1 aromatic carbocycles. The largest absolute Gasteiger partial charge is 0.461 e. The minimum absolute atomic E-state index is 0.165. The van der Waals surface area contributed by atoms with Gasteiger partial charge in [-0.05, 0) is 49.6 Å². The number of rotatable bonds is 5. The van der Waals surface area contributed by atoms with Gasteiger partial charge in [-0.3, -0.25) is 10.1 Å². The average molecular weight is 411 g/mol. The lowest BCUT2D eigenvalue weighted by atomic mass is 10.0. The summed E-state index contributed by atoms with van der Waals surface area (Å²) in [6, 6.07) is 9.02. The lowest BCUT2D eigenvalue weighted by Gasteiger charge is -2.35. The minimum atomic E-state index is -0.179. The molecule has 1 atom stereocenters. The summed E-state index contributed by atoms with van der Waals surface area (Å²) in [5.41, 5.74) is 1.72. The summed E-state index contributed by atoms with van der Waals surface area (Å²) in [6.07, 6.45) is 3.57. The Morgan fingerprint density at radius 1 is 1.40 bits per heavy atom. The quantitative estimate of drug-likeness (QED) is 0.442. The summed E-state index contributed by atoms with van der Waals surface area (Å²) in [6.45, 7) is 3.98. The molecule has 1 aliphatic heterocycles. The number of anilines is 1. The lowest BCUT2D eigenvalue weighted by Crippen LogP contribution is -2.51. The number of hydrogen-bond acceptors (Lipinski definition) is 5. The number of benzene rings is 1. The fourth-order valence-corrected chi connectivity index (χ4v) is 3.62. The molecule has 3 aromatic rings. The summed E-state index contributed by atoms with van der Waals surface area (Å²) in [5, 5.41) is 13.8. The Hall–Kier alpha value is -3.36. The number of aromatic amines is 1. The van der Waals surface area contributed by atoms with Crippen molar-refractivity contribution in [1.29, 1.82) is 0 Å². The zero-order chi connectivity index (χ0) is 20.9. The van der Waals surface area contributed by atoms with Crippen LogP contribution >= 0.6 is 0 Å². The van der Waals surface area contributed by atoms with Crippen molar-refractivity contribution < 1.29 is 8.81 Å². The van der Waals surface area contributed by atoms with Crippen LogP contribution in [0.25, 0.3) is 11.6 Å². The van der Waals surface area contributed by atoms with Crippen LogP contribution in [-0.4, -0.2) is 47.3 Å². The molecule has 2 aromatic heterocycles. The number of aryl methyl sites for hydroxylation is 1. The van der Waals surface area contributed by atoms with Crippen molar-refractivity contribution in [3.05, 3.63) is 53.8 Å². The molecule has 9 heteroatoms. The van der Waals surface area contributed by atoms with Crippen molar-refractivity contribution in [2.45, 2.75) is 32.4 Å². The van der Waals surface area contributed by atoms with Gasteiger partial charge in [-0.25, -0.2) is 9.37 Å². The van der Waals surface area contributed by atoms with Crippen molar-refractivity contribution in [1.82, 2.24) is 25.8 Å². The van der Waals surface area contributed by atoms with E-state index in [1.807, 2.05) is 19.1 Å². The Morgan fingerprint density at radius 2 is 2.30 bits per heavy atom. The molecular weight excluding hydrogens is 385 g/mol. The molecule has 3 N–H and O–H groups in total.